The molecule has 1 spiro atoms. The van der Waals surface area contributed by atoms with Crippen LogP contribution in [-0.2, 0) is 42.3 Å². The second-order valence-electron chi connectivity index (χ2n) is 19.2. The fourth-order valence-corrected chi connectivity index (χ4v) is 13.6. The molecule has 0 saturated carbocycles. The SMILES string of the molecule is COc1cc2c(cc1OC(=O)/C=C/c1ccccc1)CCN[C@]21CS[C@@H]2c3c(OC(C)=O)c(C)c4c(c3[C@H](COC1=O)N1C2[C@H]2c3c(cc(C)c(OC)c3OC(=O)/C=C/c3ccccc3)C[C@@H]([C@@H]1O)N2C)OCO4. The van der Waals surface area contributed by atoms with Crippen LogP contribution in [-0.4, -0.2) is 104 Å². The van der Waals surface area contributed by atoms with E-state index in [4.69, 9.17) is 37.9 Å². The lowest BCUT2D eigenvalue weighted by Crippen LogP contribution is -2.70. The first-order valence-corrected chi connectivity index (χ1v) is 25.5. The van der Waals surface area contributed by atoms with Gasteiger partial charge in [0, 0.05) is 59.7 Å². The summed E-state index contributed by atoms with van der Waals surface area (Å²) in [7, 11) is 4.97. The summed E-state index contributed by atoms with van der Waals surface area (Å²) in [6.07, 6.45) is 5.81. The number of aryl methyl sites for hydroxylation is 1. The minimum absolute atomic E-state index is 0.0548. The van der Waals surface area contributed by atoms with E-state index >= 15 is 4.79 Å². The van der Waals surface area contributed by atoms with Crippen LogP contribution in [0.1, 0.15) is 79.9 Å². The number of esters is 4. The van der Waals surface area contributed by atoms with Crippen molar-refractivity contribution in [3.05, 3.63) is 147 Å². The zero-order valence-corrected chi connectivity index (χ0v) is 42.5. The molecule has 4 bridgehead atoms. The third-order valence-electron chi connectivity index (χ3n) is 15.1. The van der Waals surface area contributed by atoms with Crippen molar-refractivity contribution < 1.29 is 62.2 Å². The van der Waals surface area contributed by atoms with Crippen molar-refractivity contribution in [1.29, 1.82) is 0 Å². The van der Waals surface area contributed by atoms with E-state index in [0.717, 1.165) is 27.8 Å². The molecule has 7 heterocycles. The fraction of sp³-hybridized carbons (Fsp3) is 0.333. The molecular formula is C57H55N3O13S. The van der Waals surface area contributed by atoms with E-state index in [-0.39, 0.29) is 42.2 Å². The number of rotatable bonds is 9. The van der Waals surface area contributed by atoms with Crippen LogP contribution in [0.15, 0.2) is 91.0 Å². The van der Waals surface area contributed by atoms with Gasteiger partial charge in [0.2, 0.25) is 6.79 Å². The molecule has 17 heteroatoms. The van der Waals surface area contributed by atoms with E-state index in [1.165, 1.54) is 37.9 Å². The Morgan fingerprint density at radius 2 is 1.49 bits per heavy atom. The molecule has 0 aliphatic carbocycles. The van der Waals surface area contributed by atoms with Gasteiger partial charge in [-0.15, -0.1) is 11.8 Å². The van der Waals surface area contributed by atoms with Crippen molar-refractivity contribution in [2.24, 2.45) is 0 Å². The molecule has 7 atom stereocenters. The Labute approximate surface area is 432 Å². The first kappa shape index (κ1) is 49.1. The number of hydrogen-bond donors (Lipinski definition) is 2. The normalized spacial score (nSPS) is 24.6. The Morgan fingerprint density at radius 3 is 2.16 bits per heavy atom. The number of thioether (sulfide) groups is 1. The predicted molar refractivity (Wildman–Crippen MR) is 273 cm³/mol. The molecular weight excluding hydrogens is 967 g/mol. The number of aliphatic hydroxyl groups excluding tert-OH is 1. The molecule has 2 saturated heterocycles. The van der Waals surface area contributed by atoms with Crippen molar-refractivity contribution in [2.45, 2.75) is 74.8 Å². The molecule has 5 aromatic carbocycles. The lowest BCUT2D eigenvalue weighted by molar-refractivity contribution is -0.186. The van der Waals surface area contributed by atoms with Gasteiger partial charge in [-0.05, 0) is 91.4 Å². The number of aliphatic hydroxyl groups is 1. The quantitative estimate of drug-likeness (QED) is 0.0856. The minimum atomic E-state index is -1.49. The Hall–Kier alpha value is -7.15. The van der Waals surface area contributed by atoms with Gasteiger partial charge in [-0.1, -0.05) is 66.7 Å². The monoisotopic (exact) mass is 1020 g/mol. The first-order chi connectivity index (χ1) is 35.8. The van der Waals surface area contributed by atoms with E-state index < -0.39 is 65.1 Å². The third kappa shape index (κ3) is 8.27. The van der Waals surface area contributed by atoms with Crippen LogP contribution >= 0.6 is 11.8 Å². The Balaban J connectivity index is 1.07. The lowest BCUT2D eigenvalue weighted by Gasteiger charge is -2.62. The molecule has 7 aliphatic rings. The predicted octanol–water partition coefficient (Wildman–Crippen LogP) is 7.24. The highest BCUT2D eigenvalue weighted by atomic mass is 32.2. The van der Waals surface area contributed by atoms with Crippen LogP contribution in [0, 0.1) is 13.8 Å². The minimum Gasteiger partial charge on any atom is -0.493 e. The molecule has 0 amide bonds. The number of nitrogens with one attached hydrogen (secondary N) is 1. The third-order valence-corrected chi connectivity index (χ3v) is 16.5. The summed E-state index contributed by atoms with van der Waals surface area (Å²) in [5.74, 6) is -0.156. The summed E-state index contributed by atoms with van der Waals surface area (Å²) in [6, 6.07) is 21.7. The number of piperazine rings is 1. The second kappa shape index (κ2) is 19.6. The number of fused-ring (bicyclic) bond motifs is 9. The van der Waals surface area contributed by atoms with Gasteiger partial charge in [0.15, 0.2) is 40.0 Å². The number of nitrogens with zero attached hydrogens (tertiary/aromatic N) is 2. The standard InChI is InChI=1S/C57H55N3O13S/c1-30-23-36-24-38-55(64)60-39-27-68-56(65)57(37-26-40(66-5)41(25-35(37)21-22-58-57)72-42(62)19-17-33-13-9-7-10-14-33)28-74-54(46-45(39)52-51(69-29-70-52)31(2)50(46)71-32(3)61)48(60)47(59(38)4)44(36)53(49(30)67-6)73-43(63)20-18-34-15-11-8-12-16-34/h7-20,23,25-26,38-39,47-48,54-55,58,64H,21-22,24,27-29H2,1-6H3/b19-17+,20-18+/t38-,39-,47+,48?,54+,55-,57+/m0/s1. The van der Waals surface area contributed by atoms with Crippen LogP contribution in [0.4, 0.5) is 0 Å². The Kier molecular flexibility index (Phi) is 13.0. The van der Waals surface area contributed by atoms with Gasteiger partial charge in [0.1, 0.15) is 18.6 Å². The van der Waals surface area contributed by atoms with Gasteiger partial charge < -0.3 is 43.0 Å². The van der Waals surface area contributed by atoms with Gasteiger partial charge in [-0.25, -0.2) is 14.4 Å². The smallest absolute Gasteiger partial charge is 0.336 e. The Morgan fingerprint density at radius 1 is 0.797 bits per heavy atom. The average molecular weight is 1020 g/mol. The van der Waals surface area contributed by atoms with E-state index in [9.17, 15) is 19.5 Å². The van der Waals surface area contributed by atoms with Gasteiger partial charge in [0.25, 0.3) is 0 Å². The molecule has 1 unspecified atom stereocenters. The highest BCUT2D eigenvalue weighted by molar-refractivity contribution is 7.99. The molecule has 382 valence electrons. The molecule has 2 N–H and O–H groups in total. The summed E-state index contributed by atoms with van der Waals surface area (Å²) < 4.78 is 49.5. The number of benzene rings is 5. The van der Waals surface area contributed by atoms with Crippen LogP contribution in [0.2, 0.25) is 0 Å². The van der Waals surface area contributed by atoms with E-state index in [0.29, 0.717) is 64.5 Å². The fourth-order valence-electron chi connectivity index (χ4n) is 11.9. The lowest BCUT2D eigenvalue weighted by atomic mass is 9.73. The number of carbonyl (C=O) groups is 4. The first-order valence-electron chi connectivity index (χ1n) is 24.5. The zero-order chi connectivity index (χ0) is 51.6. The maximum atomic E-state index is 15.3. The topological polar surface area (TPSA) is 181 Å². The zero-order valence-electron chi connectivity index (χ0n) is 41.7. The second-order valence-corrected chi connectivity index (χ2v) is 20.4. The molecule has 16 nitrogen and oxygen atoms in total. The van der Waals surface area contributed by atoms with E-state index in [1.54, 1.807) is 31.4 Å². The van der Waals surface area contributed by atoms with Crippen LogP contribution in [0.25, 0.3) is 12.2 Å². The summed E-state index contributed by atoms with van der Waals surface area (Å²) in [5, 5.41) is 15.8. The number of ether oxygens (including phenoxy) is 8. The maximum Gasteiger partial charge on any atom is 0.336 e. The summed E-state index contributed by atoms with van der Waals surface area (Å²) in [4.78, 5) is 59.9. The summed E-state index contributed by atoms with van der Waals surface area (Å²) in [6.45, 7) is 5.04. The number of likely N-dealkylation sites (N-methyl/N-ethyl adjacent to an activating group) is 1. The molecule has 7 aliphatic heterocycles. The molecule has 12 rings (SSSR count). The average Bonchev–Trinajstić information content (AvgIpc) is 3.90. The summed E-state index contributed by atoms with van der Waals surface area (Å²) in [5.41, 5.74) is 5.54. The van der Waals surface area contributed by atoms with Crippen molar-refractivity contribution in [3.63, 3.8) is 0 Å². The maximum absolute atomic E-state index is 15.3. The van der Waals surface area contributed by atoms with Crippen molar-refractivity contribution >= 4 is 47.8 Å². The molecule has 74 heavy (non-hydrogen) atoms. The number of hydrogen-bond acceptors (Lipinski definition) is 17. The highest BCUT2D eigenvalue weighted by Crippen LogP contribution is 2.64. The molecule has 2 fully saturated rings. The van der Waals surface area contributed by atoms with E-state index in [2.05, 4.69) is 10.2 Å². The van der Waals surface area contributed by atoms with Gasteiger partial charge in [0.05, 0.1) is 37.6 Å². The number of methoxy groups -OCH3 is 2. The molecule has 0 aromatic heterocycles. The van der Waals surface area contributed by atoms with Gasteiger partial charge >= 0.3 is 23.9 Å². The largest absolute Gasteiger partial charge is 0.493 e. The van der Waals surface area contributed by atoms with Crippen LogP contribution < -0.4 is 38.5 Å². The number of carbonyl (C=O) groups excluding carboxylic acids is 4. The van der Waals surface area contributed by atoms with Crippen molar-refractivity contribution in [3.8, 4) is 40.2 Å². The van der Waals surface area contributed by atoms with Gasteiger partial charge in [-0.3, -0.25) is 19.9 Å². The van der Waals surface area contributed by atoms with Crippen LogP contribution in [0.3, 0.4) is 0 Å². The highest BCUT2D eigenvalue weighted by Gasteiger charge is 2.61. The summed E-state index contributed by atoms with van der Waals surface area (Å²) >= 11 is 1.43. The Bertz CT molecular complexity index is 3160. The molecule has 5 aromatic rings. The van der Waals surface area contributed by atoms with Gasteiger partial charge in [-0.2, -0.15) is 0 Å². The molecule has 0 radical (unpaired) electrons. The van der Waals surface area contributed by atoms with Crippen molar-refractivity contribution in [1.82, 2.24) is 15.1 Å². The van der Waals surface area contributed by atoms with Crippen molar-refractivity contribution in [2.75, 3.05) is 47.0 Å². The van der Waals surface area contributed by atoms with Crippen LogP contribution in [0.5, 0.6) is 40.2 Å². The van der Waals surface area contributed by atoms with E-state index in [1.807, 2.05) is 92.5 Å².